The number of aromatic hydroxyl groups is 1. The number of anilines is 1. The standard InChI is InChI=1S/C12H15NO6S/c1-12(2,20(3,18)19)11(17)13-8-5-4-7(10(15)16)6-9(8)14/h4-6,14H,1-3H3,(H,13,17)(H,15,16). The first-order valence-corrected chi connectivity index (χ1v) is 7.43. The number of nitrogens with one attached hydrogen (secondary N) is 1. The maximum absolute atomic E-state index is 11.9. The molecule has 20 heavy (non-hydrogen) atoms. The monoisotopic (exact) mass is 301 g/mol. The van der Waals surface area contributed by atoms with Crippen LogP contribution in [0, 0.1) is 0 Å². The Morgan fingerprint density at radius 2 is 1.80 bits per heavy atom. The minimum Gasteiger partial charge on any atom is -0.506 e. The minimum atomic E-state index is -3.64. The number of amides is 1. The molecule has 0 aliphatic carbocycles. The third-order valence-electron chi connectivity index (χ3n) is 2.97. The molecule has 0 fully saturated rings. The highest BCUT2D eigenvalue weighted by molar-refractivity contribution is 7.92. The van der Waals surface area contributed by atoms with Gasteiger partial charge in [0.15, 0.2) is 9.84 Å². The van der Waals surface area contributed by atoms with E-state index >= 15 is 0 Å². The first-order valence-electron chi connectivity index (χ1n) is 5.54. The number of sulfone groups is 1. The van der Waals surface area contributed by atoms with E-state index in [0.29, 0.717) is 0 Å². The van der Waals surface area contributed by atoms with Gasteiger partial charge in [0.2, 0.25) is 5.91 Å². The van der Waals surface area contributed by atoms with Gasteiger partial charge in [0, 0.05) is 6.26 Å². The second-order valence-electron chi connectivity index (χ2n) is 4.77. The van der Waals surface area contributed by atoms with Crippen molar-refractivity contribution in [2.24, 2.45) is 0 Å². The fourth-order valence-corrected chi connectivity index (χ4v) is 1.60. The predicted molar refractivity (Wildman–Crippen MR) is 72.6 cm³/mol. The Bertz CT molecular complexity index is 663. The van der Waals surface area contributed by atoms with Crippen molar-refractivity contribution in [3.63, 3.8) is 0 Å². The first-order chi connectivity index (χ1) is 8.96. The average molecular weight is 301 g/mol. The van der Waals surface area contributed by atoms with Gasteiger partial charge in [0.1, 0.15) is 10.5 Å². The predicted octanol–water partition coefficient (Wildman–Crippen LogP) is 0.852. The fourth-order valence-electron chi connectivity index (χ4n) is 1.21. The number of carbonyl (C=O) groups is 2. The molecule has 0 atom stereocenters. The van der Waals surface area contributed by atoms with Gasteiger partial charge in [-0.1, -0.05) is 0 Å². The lowest BCUT2D eigenvalue weighted by atomic mass is 10.1. The normalized spacial score (nSPS) is 11.9. The van der Waals surface area contributed by atoms with E-state index < -0.39 is 32.2 Å². The second kappa shape index (κ2) is 5.12. The minimum absolute atomic E-state index is 0.0586. The highest BCUT2D eigenvalue weighted by Crippen LogP contribution is 2.26. The van der Waals surface area contributed by atoms with Gasteiger partial charge in [-0.15, -0.1) is 0 Å². The lowest BCUT2D eigenvalue weighted by Gasteiger charge is -2.21. The SMILES string of the molecule is CC(C)(C(=O)Nc1ccc(C(=O)O)cc1O)S(C)(=O)=O. The van der Waals surface area contributed by atoms with Crippen molar-refractivity contribution in [1.82, 2.24) is 0 Å². The van der Waals surface area contributed by atoms with Crippen LogP contribution in [-0.2, 0) is 14.6 Å². The average Bonchev–Trinajstić information content (AvgIpc) is 2.29. The van der Waals surface area contributed by atoms with Crippen LogP contribution in [0.4, 0.5) is 5.69 Å². The molecule has 1 amide bonds. The molecule has 0 aliphatic heterocycles. The number of aromatic carboxylic acids is 1. The van der Waals surface area contributed by atoms with Crippen molar-refractivity contribution < 1.29 is 28.2 Å². The first kappa shape index (κ1) is 16.0. The smallest absolute Gasteiger partial charge is 0.335 e. The molecular formula is C12H15NO6S. The molecule has 1 aromatic rings. The molecule has 8 heteroatoms. The van der Waals surface area contributed by atoms with E-state index in [2.05, 4.69) is 5.32 Å². The van der Waals surface area contributed by atoms with Crippen LogP contribution in [0.15, 0.2) is 18.2 Å². The maximum atomic E-state index is 11.9. The van der Waals surface area contributed by atoms with Gasteiger partial charge in [0.05, 0.1) is 11.3 Å². The Morgan fingerprint density at radius 3 is 2.20 bits per heavy atom. The van der Waals surface area contributed by atoms with Crippen molar-refractivity contribution in [3.05, 3.63) is 23.8 Å². The Hall–Kier alpha value is -2.09. The summed E-state index contributed by atoms with van der Waals surface area (Å²) in [7, 11) is -3.64. The van der Waals surface area contributed by atoms with E-state index in [0.717, 1.165) is 12.3 Å². The van der Waals surface area contributed by atoms with Crippen molar-refractivity contribution in [2.45, 2.75) is 18.6 Å². The summed E-state index contributed by atoms with van der Waals surface area (Å²) in [4.78, 5) is 22.6. The summed E-state index contributed by atoms with van der Waals surface area (Å²) in [6, 6.07) is 3.34. The van der Waals surface area contributed by atoms with Crippen LogP contribution in [0.1, 0.15) is 24.2 Å². The van der Waals surface area contributed by atoms with Crippen LogP contribution in [0.5, 0.6) is 5.75 Å². The number of hydrogen-bond donors (Lipinski definition) is 3. The van der Waals surface area contributed by atoms with E-state index in [9.17, 15) is 23.1 Å². The van der Waals surface area contributed by atoms with E-state index in [1.54, 1.807) is 0 Å². The third-order valence-corrected chi connectivity index (χ3v) is 5.01. The Kier molecular flexibility index (Phi) is 4.09. The van der Waals surface area contributed by atoms with E-state index in [-0.39, 0.29) is 11.3 Å². The molecule has 7 nitrogen and oxygen atoms in total. The summed E-state index contributed by atoms with van der Waals surface area (Å²) < 4.78 is 21.3. The fraction of sp³-hybridized carbons (Fsp3) is 0.333. The van der Waals surface area contributed by atoms with Gasteiger partial charge >= 0.3 is 5.97 Å². The van der Waals surface area contributed by atoms with Crippen molar-refractivity contribution in [1.29, 1.82) is 0 Å². The number of hydrogen-bond acceptors (Lipinski definition) is 5. The molecule has 0 saturated carbocycles. The summed E-state index contributed by atoms with van der Waals surface area (Å²) in [5.74, 6) is -2.50. The van der Waals surface area contributed by atoms with Crippen molar-refractivity contribution >= 4 is 27.4 Å². The van der Waals surface area contributed by atoms with Crippen LogP contribution in [0.25, 0.3) is 0 Å². The van der Waals surface area contributed by atoms with Crippen LogP contribution >= 0.6 is 0 Å². The lowest BCUT2D eigenvalue weighted by molar-refractivity contribution is -0.117. The van der Waals surface area contributed by atoms with E-state index in [4.69, 9.17) is 5.11 Å². The molecule has 1 rings (SSSR count). The van der Waals surface area contributed by atoms with Crippen molar-refractivity contribution in [2.75, 3.05) is 11.6 Å². The molecule has 0 saturated heterocycles. The molecule has 0 bridgehead atoms. The topological polar surface area (TPSA) is 121 Å². The molecule has 0 unspecified atom stereocenters. The zero-order valence-corrected chi connectivity index (χ0v) is 12.0. The van der Waals surface area contributed by atoms with Crippen LogP contribution in [-0.4, -0.2) is 41.5 Å². The zero-order valence-electron chi connectivity index (χ0n) is 11.2. The summed E-state index contributed by atoms with van der Waals surface area (Å²) in [5.41, 5.74) is -0.209. The largest absolute Gasteiger partial charge is 0.506 e. The van der Waals surface area contributed by atoms with Gasteiger partial charge in [-0.2, -0.15) is 0 Å². The number of benzene rings is 1. The van der Waals surface area contributed by atoms with Gasteiger partial charge in [-0.3, -0.25) is 4.79 Å². The van der Waals surface area contributed by atoms with Crippen LogP contribution in [0.2, 0.25) is 0 Å². The van der Waals surface area contributed by atoms with Crippen molar-refractivity contribution in [3.8, 4) is 5.75 Å². The van der Waals surface area contributed by atoms with E-state index in [1.807, 2.05) is 0 Å². The number of carboxylic acids is 1. The number of rotatable bonds is 4. The molecule has 0 spiro atoms. The van der Waals surface area contributed by atoms with Gasteiger partial charge in [-0.05, 0) is 32.0 Å². The second-order valence-corrected chi connectivity index (χ2v) is 7.34. The molecule has 0 radical (unpaired) electrons. The molecular weight excluding hydrogens is 286 g/mol. The van der Waals surface area contributed by atoms with Crippen LogP contribution in [0.3, 0.4) is 0 Å². The molecule has 3 N–H and O–H groups in total. The quantitative estimate of drug-likeness (QED) is 0.709. The number of phenolic OH excluding ortho intramolecular Hbond substituents is 1. The van der Waals surface area contributed by atoms with Gasteiger partial charge in [-0.25, -0.2) is 13.2 Å². The number of carboxylic acid groups (broad SMARTS) is 1. The highest BCUT2D eigenvalue weighted by atomic mass is 32.2. The summed E-state index contributed by atoms with van der Waals surface area (Å²) >= 11 is 0. The Balaban J connectivity index is 3.06. The van der Waals surface area contributed by atoms with Gasteiger partial charge < -0.3 is 15.5 Å². The number of phenols is 1. The summed E-state index contributed by atoms with van der Waals surface area (Å²) in [6.45, 7) is 2.47. The van der Waals surface area contributed by atoms with Crippen LogP contribution < -0.4 is 5.32 Å². The third kappa shape index (κ3) is 3.08. The summed E-state index contributed by atoms with van der Waals surface area (Å²) in [6.07, 6.45) is 0.931. The Labute approximate surface area is 116 Å². The molecule has 1 aromatic carbocycles. The Morgan fingerprint density at radius 1 is 1.25 bits per heavy atom. The highest BCUT2D eigenvalue weighted by Gasteiger charge is 2.38. The van der Waals surface area contributed by atoms with E-state index in [1.165, 1.54) is 26.0 Å². The zero-order chi connectivity index (χ0) is 15.7. The number of carbonyl (C=O) groups excluding carboxylic acids is 1. The molecule has 0 aromatic heterocycles. The lowest BCUT2D eigenvalue weighted by Crippen LogP contribution is -2.43. The molecule has 0 aliphatic rings. The molecule has 110 valence electrons. The summed E-state index contributed by atoms with van der Waals surface area (Å²) in [5, 5.41) is 20.6. The van der Waals surface area contributed by atoms with Gasteiger partial charge in [0.25, 0.3) is 0 Å². The maximum Gasteiger partial charge on any atom is 0.335 e. The molecule has 0 heterocycles.